The van der Waals surface area contributed by atoms with E-state index in [1.165, 1.54) is 22.6 Å². The maximum absolute atomic E-state index is 12.1. The molecule has 0 atom stereocenters. The molecule has 1 amide bonds. The van der Waals surface area contributed by atoms with Crippen LogP contribution in [0.4, 0.5) is 0 Å². The predicted molar refractivity (Wildman–Crippen MR) is 123 cm³/mol. The van der Waals surface area contributed by atoms with Crippen molar-refractivity contribution in [1.82, 2.24) is 9.99 Å². The van der Waals surface area contributed by atoms with Crippen LogP contribution in [0.15, 0.2) is 94.6 Å². The number of aromatic nitrogens is 1. The molecule has 5 aromatic rings. The largest absolute Gasteiger partial charge is 0.459 e. The van der Waals surface area contributed by atoms with Gasteiger partial charge in [-0.05, 0) is 41.5 Å². The Hall–Kier alpha value is -4.12. The third kappa shape index (κ3) is 3.51. The number of para-hydroxylation sites is 1. The molecule has 0 fully saturated rings. The van der Waals surface area contributed by atoms with Crippen LogP contribution in [0.3, 0.4) is 0 Å². The molecule has 0 aliphatic rings. The number of hydrazone groups is 1. The second kappa shape index (κ2) is 7.95. The Morgan fingerprint density at radius 3 is 2.58 bits per heavy atom. The van der Waals surface area contributed by atoms with E-state index >= 15 is 0 Å². The van der Waals surface area contributed by atoms with Gasteiger partial charge >= 0.3 is 5.91 Å². The van der Waals surface area contributed by atoms with Crippen LogP contribution in [-0.4, -0.2) is 16.7 Å². The molecule has 5 nitrogen and oxygen atoms in total. The molecule has 5 heteroatoms. The molecule has 1 N–H and O–H groups in total. The highest BCUT2D eigenvalue weighted by atomic mass is 16.3. The number of amides is 1. The van der Waals surface area contributed by atoms with Crippen molar-refractivity contribution in [2.75, 3.05) is 0 Å². The molecular weight excluding hydrogens is 386 g/mol. The fraction of sp³-hybridized carbons (Fsp3) is 0.0769. The van der Waals surface area contributed by atoms with E-state index in [0.29, 0.717) is 0 Å². The van der Waals surface area contributed by atoms with Crippen LogP contribution < -0.4 is 5.43 Å². The minimum absolute atomic E-state index is 0.229. The normalized spacial score (nSPS) is 11.5. The molecule has 0 saturated carbocycles. The van der Waals surface area contributed by atoms with Crippen LogP contribution in [0.5, 0.6) is 0 Å². The molecule has 2 aromatic heterocycles. The Morgan fingerprint density at radius 1 is 0.968 bits per heavy atom. The molecule has 0 bridgehead atoms. The summed E-state index contributed by atoms with van der Waals surface area (Å²) >= 11 is 0. The molecule has 5 rings (SSSR count). The maximum atomic E-state index is 12.1. The van der Waals surface area contributed by atoms with Gasteiger partial charge in [-0.25, -0.2) is 5.43 Å². The van der Waals surface area contributed by atoms with E-state index in [2.05, 4.69) is 76.6 Å². The highest BCUT2D eigenvalue weighted by Gasteiger charge is 2.14. The Balaban J connectivity index is 1.52. The van der Waals surface area contributed by atoms with Gasteiger partial charge in [0.15, 0.2) is 5.76 Å². The van der Waals surface area contributed by atoms with E-state index < -0.39 is 0 Å². The summed E-state index contributed by atoms with van der Waals surface area (Å²) in [6, 6.07) is 26.4. The van der Waals surface area contributed by atoms with Crippen LogP contribution >= 0.6 is 0 Å². The van der Waals surface area contributed by atoms with Gasteiger partial charge in [-0.1, -0.05) is 60.7 Å². The molecular formula is C26H21N3O2. The van der Waals surface area contributed by atoms with Gasteiger partial charge in [0.1, 0.15) is 0 Å². The summed E-state index contributed by atoms with van der Waals surface area (Å²) in [5.41, 5.74) is 7.00. The van der Waals surface area contributed by atoms with E-state index in [1.54, 1.807) is 18.3 Å². The van der Waals surface area contributed by atoms with Crippen molar-refractivity contribution in [3.05, 3.63) is 108 Å². The lowest BCUT2D eigenvalue weighted by atomic mass is 10.0. The molecule has 3 aromatic carbocycles. The average molecular weight is 407 g/mol. The van der Waals surface area contributed by atoms with Crippen LogP contribution in [0.25, 0.3) is 21.7 Å². The van der Waals surface area contributed by atoms with Gasteiger partial charge in [0.25, 0.3) is 0 Å². The Kier molecular flexibility index (Phi) is 4.84. The highest BCUT2D eigenvalue weighted by molar-refractivity contribution is 6.02. The topological polar surface area (TPSA) is 59.5 Å². The molecule has 0 aliphatic heterocycles. The predicted octanol–water partition coefficient (Wildman–Crippen LogP) is 5.51. The first-order valence-electron chi connectivity index (χ1n) is 10.1. The van der Waals surface area contributed by atoms with Crippen molar-refractivity contribution in [2.45, 2.75) is 13.5 Å². The van der Waals surface area contributed by atoms with E-state index in [9.17, 15) is 4.79 Å². The van der Waals surface area contributed by atoms with Gasteiger partial charge in [-0.2, -0.15) is 5.10 Å². The van der Waals surface area contributed by atoms with E-state index in [4.69, 9.17) is 4.42 Å². The summed E-state index contributed by atoms with van der Waals surface area (Å²) in [6.45, 7) is 2.83. The van der Waals surface area contributed by atoms with Crippen LogP contribution in [0, 0.1) is 6.92 Å². The molecule has 152 valence electrons. The minimum Gasteiger partial charge on any atom is -0.459 e. The van der Waals surface area contributed by atoms with Crippen molar-refractivity contribution in [1.29, 1.82) is 0 Å². The van der Waals surface area contributed by atoms with Gasteiger partial charge in [0.2, 0.25) is 0 Å². The lowest BCUT2D eigenvalue weighted by Gasteiger charge is -2.11. The van der Waals surface area contributed by atoms with E-state index in [-0.39, 0.29) is 11.7 Å². The number of nitrogens with one attached hydrogen (secondary N) is 1. The Morgan fingerprint density at radius 2 is 1.74 bits per heavy atom. The number of rotatable bonds is 5. The number of carbonyl (C=O) groups is 1. The first-order chi connectivity index (χ1) is 15.2. The number of nitrogens with zero attached hydrogens (tertiary/aromatic N) is 2. The zero-order valence-electron chi connectivity index (χ0n) is 17.1. The first kappa shape index (κ1) is 18.9. The summed E-state index contributed by atoms with van der Waals surface area (Å²) in [5.74, 6) is -0.148. The second-order valence-corrected chi connectivity index (χ2v) is 7.42. The molecule has 0 unspecified atom stereocenters. The highest BCUT2D eigenvalue weighted by Crippen LogP contribution is 2.27. The number of hydrogen-bond acceptors (Lipinski definition) is 3. The number of benzene rings is 3. The third-order valence-electron chi connectivity index (χ3n) is 5.59. The summed E-state index contributed by atoms with van der Waals surface area (Å²) in [4.78, 5) is 12.1. The van der Waals surface area contributed by atoms with Crippen LogP contribution in [-0.2, 0) is 6.54 Å². The van der Waals surface area contributed by atoms with Gasteiger partial charge in [0, 0.05) is 28.7 Å². The summed E-state index contributed by atoms with van der Waals surface area (Å²) in [6.07, 6.45) is 3.17. The van der Waals surface area contributed by atoms with Crippen molar-refractivity contribution < 1.29 is 9.21 Å². The number of furan rings is 1. The molecule has 0 spiro atoms. The zero-order valence-corrected chi connectivity index (χ0v) is 17.1. The van der Waals surface area contributed by atoms with Gasteiger partial charge in [-0.15, -0.1) is 0 Å². The Labute approximate surface area is 179 Å². The molecule has 0 aliphatic carbocycles. The molecule has 31 heavy (non-hydrogen) atoms. The average Bonchev–Trinajstić information content (AvgIpc) is 3.43. The monoisotopic (exact) mass is 407 g/mol. The quantitative estimate of drug-likeness (QED) is 0.309. The van der Waals surface area contributed by atoms with E-state index in [1.807, 2.05) is 12.1 Å². The summed E-state index contributed by atoms with van der Waals surface area (Å²) in [7, 11) is 0. The van der Waals surface area contributed by atoms with Crippen molar-refractivity contribution in [3.8, 4) is 0 Å². The van der Waals surface area contributed by atoms with Crippen LogP contribution in [0.1, 0.15) is 27.4 Å². The van der Waals surface area contributed by atoms with Gasteiger partial charge in [0.05, 0.1) is 12.5 Å². The van der Waals surface area contributed by atoms with Crippen molar-refractivity contribution in [2.24, 2.45) is 5.10 Å². The summed E-state index contributed by atoms with van der Waals surface area (Å²) in [5, 5.41) is 7.76. The van der Waals surface area contributed by atoms with Gasteiger partial charge in [-0.3, -0.25) is 4.79 Å². The smallest absolute Gasteiger partial charge is 0.307 e. The fourth-order valence-corrected chi connectivity index (χ4v) is 4.04. The van der Waals surface area contributed by atoms with Crippen molar-refractivity contribution >= 4 is 33.8 Å². The van der Waals surface area contributed by atoms with Gasteiger partial charge < -0.3 is 8.98 Å². The number of fused-ring (bicyclic) bond motifs is 2. The maximum Gasteiger partial charge on any atom is 0.307 e. The number of carbonyl (C=O) groups excluding carboxylic acids is 1. The zero-order chi connectivity index (χ0) is 21.2. The summed E-state index contributed by atoms with van der Waals surface area (Å²) < 4.78 is 7.41. The standard InChI is InChI=1S/C26H21N3O2/c1-18-23(16-27-28-26(30)25-14-7-15-31-25)22-12-4-5-13-24(22)29(18)17-20-10-6-9-19-8-2-3-11-21(19)20/h2-16H,17H2,1H3,(H,28,30)/b27-16-. The molecule has 0 radical (unpaired) electrons. The van der Waals surface area contributed by atoms with Crippen molar-refractivity contribution in [3.63, 3.8) is 0 Å². The van der Waals surface area contributed by atoms with Crippen LogP contribution in [0.2, 0.25) is 0 Å². The molecule has 0 saturated heterocycles. The molecule has 2 heterocycles. The fourth-order valence-electron chi connectivity index (χ4n) is 4.04. The number of hydrogen-bond donors (Lipinski definition) is 1. The minimum atomic E-state index is -0.376. The Bertz CT molecular complexity index is 1410. The second-order valence-electron chi connectivity index (χ2n) is 7.42. The third-order valence-corrected chi connectivity index (χ3v) is 5.59. The lowest BCUT2D eigenvalue weighted by molar-refractivity contribution is 0.0927. The SMILES string of the molecule is Cc1c(/C=N\NC(=O)c2ccco2)c2ccccc2n1Cc1cccc2ccccc12. The lowest BCUT2D eigenvalue weighted by Crippen LogP contribution is -2.16. The first-order valence-corrected chi connectivity index (χ1v) is 10.1. The van der Waals surface area contributed by atoms with E-state index in [0.717, 1.165) is 28.7 Å².